The van der Waals surface area contributed by atoms with Crippen molar-refractivity contribution in [2.24, 2.45) is 0 Å². The lowest BCUT2D eigenvalue weighted by molar-refractivity contribution is 0.0943. The predicted molar refractivity (Wildman–Crippen MR) is 91.6 cm³/mol. The summed E-state index contributed by atoms with van der Waals surface area (Å²) in [5.41, 5.74) is 2.47. The van der Waals surface area contributed by atoms with Crippen LogP contribution < -0.4 is 10.1 Å². The highest BCUT2D eigenvalue weighted by molar-refractivity contribution is 5.92. The van der Waals surface area contributed by atoms with Crippen LogP contribution in [-0.2, 0) is 13.3 Å². The molecule has 0 aliphatic rings. The van der Waals surface area contributed by atoms with Crippen molar-refractivity contribution < 1.29 is 13.9 Å². The van der Waals surface area contributed by atoms with Gasteiger partial charge in [-0.3, -0.25) is 4.79 Å². The summed E-state index contributed by atoms with van der Waals surface area (Å²) in [6.45, 7) is 2.46. The lowest BCUT2D eigenvalue weighted by Crippen LogP contribution is -2.23. The van der Waals surface area contributed by atoms with E-state index >= 15 is 0 Å². The van der Waals surface area contributed by atoms with Crippen LogP contribution in [-0.4, -0.2) is 15.7 Å². The molecule has 0 aliphatic heterocycles. The average Bonchev–Trinajstić information content (AvgIpc) is 3.09. The smallest absolute Gasteiger partial charge is 0.272 e. The quantitative estimate of drug-likeness (QED) is 0.750. The molecule has 0 radical (unpaired) electrons. The maximum Gasteiger partial charge on any atom is 0.272 e. The second-order valence-electron chi connectivity index (χ2n) is 5.61. The van der Waals surface area contributed by atoms with Crippen molar-refractivity contribution in [1.29, 1.82) is 0 Å². The molecule has 0 unspecified atom stereocenters. The fraction of sp³-hybridized carbons (Fsp3) is 0.158. The summed E-state index contributed by atoms with van der Waals surface area (Å²) in [7, 11) is 0. The molecule has 0 atom stereocenters. The Morgan fingerprint density at radius 1 is 1.16 bits per heavy atom. The van der Waals surface area contributed by atoms with E-state index in [-0.39, 0.29) is 24.1 Å². The van der Waals surface area contributed by atoms with Crippen LogP contribution in [0.15, 0.2) is 60.8 Å². The minimum Gasteiger partial charge on any atom is -0.468 e. The van der Waals surface area contributed by atoms with Gasteiger partial charge in [-0.25, -0.2) is 9.07 Å². The summed E-state index contributed by atoms with van der Waals surface area (Å²) < 4.78 is 20.3. The number of hydrogen-bond acceptors (Lipinski definition) is 3. The van der Waals surface area contributed by atoms with E-state index in [0.717, 1.165) is 5.56 Å². The molecule has 0 fully saturated rings. The molecule has 0 bridgehead atoms. The zero-order chi connectivity index (χ0) is 17.6. The number of aryl methyl sites for hydroxylation is 1. The second-order valence-corrected chi connectivity index (χ2v) is 5.61. The number of halogens is 1. The predicted octanol–water partition coefficient (Wildman–Crippen LogP) is 3.30. The molecule has 0 spiro atoms. The fourth-order valence-electron chi connectivity index (χ4n) is 2.23. The maximum absolute atomic E-state index is 13.5. The summed E-state index contributed by atoms with van der Waals surface area (Å²) in [6, 6.07) is 15.7. The first kappa shape index (κ1) is 16.7. The summed E-state index contributed by atoms with van der Waals surface area (Å²) in [5, 5.41) is 6.95. The molecule has 2 aromatic carbocycles. The first-order chi connectivity index (χ1) is 12.1. The van der Waals surface area contributed by atoms with Crippen LogP contribution in [0.2, 0.25) is 0 Å². The summed E-state index contributed by atoms with van der Waals surface area (Å²) in [5.74, 6) is -0.570. The van der Waals surface area contributed by atoms with Gasteiger partial charge in [0.2, 0.25) is 0 Å². The van der Waals surface area contributed by atoms with E-state index in [2.05, 4.69) is 10.4 Å². The topological polar surface area (TPSA) is 56.2 Å². The number of nitrogens with zero attached hydrogens (tertiary/aromatic N) is 2. The van der Waals surface area contributed by atoms with Crippen molar-refractivity contribution in [3.8, 4) is 5.75 Å². The Morgan fingerprint density at radius 2 is 1.92 bits per heavy atom. The van der Waals surface area contributed by atoms with Gasteiger partial charge in [-0.15, -0.1) is 0 Å². The normalized spacial score (nSPS) is 10.5. The number of carbonyl (C=O) groups excluding carboxylic acids is 1. The van der Waals surface area contributed by atoms with Crippen molar-refractivity contribution in [3.63, 3.8) is 0 Å². The molecule has 1 amide bonds. The minimum atomic E-state index is -0.439. The molecular formula is C19H18FN3O2. The van der Waals surface area contributed by atoms with Gasteiger partial charge in [0.1, 0.15) is 5.69 Å². The standard InChI is InChI=1S/C19H18FN3O2/c1-14-6-8-15(9-7-14)12-21-19(24)17-10-11-23(22-17)13-25-18-5-3-2-4-16(18)20/h2-11H,12-13H2,1H3,(H,21,24). The average molecular weight is 339 g/mol. The molecule has 1 heterocycles. The zero-order valence-corrected chi connectivity index (χ0v) is 13.8. The van der Waals surface area contributed by atoms with Gasteiger partial charge in [0.15, 0.2) is 18.3 Å². The van der Waals surface area contributed by atoms with E-state index in [0.29, 0.717) is 6.54 Å². The monoisotopic (exact) mass is 339 g/mol. The third kappa shape index (κ3) is 4.44. The van der Waals surface area contributed by atoms with Crippen LogP contribution in [0.25, 0.3) is 0 Å². The lowest BCUT2D eigenvalue weighted by Gasteiger charge is -2.07. The summed E-state index contributed by atoms with van der Waals surface area (Å²) >= 11 is 0. The number of nitrogens with one attached hydrogen (secondary N) is 1. The van der Waals surface area contributed by atoms with Gasteiger partial charge in [0.05, 0.1) is 0 Å². The van der Waals surface area contributed by atoms with Crippen molar-refractivity contribution in [1.82, 2.24) is 15.1 Å². The number of carbonyl (C=O) groups is 1. The van der Waals surface area contributed by atoms with E-state index in [1.54, 1.807) is 24.4 Å². The number of ether oxygens (including phenoxy) is 1. The maximum atomic E-state index is 13.5. The minimum absolute atomic E-state index is 0.0200. The first-order valence-electron chi connectivity index (χ1n) is 7.86. The number of para-hydroxylation sites is 1. The van der Waals surface area contributed by atoms with Crippen LogP contribution in [0.5, 0.6) is 5.75 Å². The third-order valence-electron chi connectivity index (χ3n) is 3.64. The van der Waals surface area contributed by atoms with Crippen LogP contribution in [0.3, 0.4) is 0 Å². The lowest BCUT2D eigenvalue weighted by atomic mass is 10.1. The molecule has 5 nitrogen and oxygen atoms in total. The summed E-state index contributed by atoms with van der Waals surface area (Å²) in [6.07, 6.45) is 1.61. The van der Waals surface area contributed by atoms with Gasteiger partial charge in [-0.1, -0.05) is 42.0 Å². The van der Waals surface area contributed by atoms with Gasteiger partial charge < -0.3 is 10.1 Å². The van der Waals surface area contributed by atoms with Crippen LogP contribution in [0.1, 0.15) is 21.6 Å². The molecule has 128 valence electrons. The number of benzene rings is 2. The highest BCUT2D eigenvalue weighted by Crippen LogP contribution is 2.15. The Bertz CT molecular complexity index is 859. The molecule has 0 saturated carbocycles. The van der Waals surface area contributed by atoms with Gasteiger partial charge in [0, 0.05) is 12.7 Å². The van der Waals surface area contributed by atoms with E-state index in [9.17, 15) is 9.18 Å². The van der Waals surface area contributed by atoms with Crippen LogP contribution in [0, 0.1) is 12.7 Å². The van der Waals surface area contributed by atoms with Gasteiger partial charge in [-0.2, -0.15) is 5.10 Å². The molecule has 3 aromatic rings. The highest BCUT2D eigenvalue weighted by Gasteiger charge is 2.10. The van der Waals surface area contributed by atoms with Gasteiger partial charge in [-0.05, 0) is 30.7 Å². The number of amides is 1. The van der Waals surface area contributed by atoms with Gasteiger partial charge in [0.25, 0.3) is 5.91 Å². The molecule has 3 rings (SSSR count). The van der Waals surface area contributed by atoms with E-state index < -0.39 is 5.82 Å². The largest absolute Gasteiger partial charge is 0.468 e. The van der Waals surface area contributed by atoms with E-state index in [4.69, 9.17) is 4.74 Å². The van der Waals surface area contributed by atoms with E-state index in [1.165, 1.54) is 22.4 Å². The molecule has 1 N–H and O–H groups in total. The van der Waals surface area contributed by atoms with Crippen LogP contribution in [0.4, 0.5) is 4.39 Å². The number of rotatable bonds is 6. The number of hydrogen-bond donors (Lipinski definition) is 1. The van der Waals surface area contributed by atoms with Crippen molar-refractivity contribution in [2.45, 2.75) is 20.2 Å². The Kier molecular flexibility index (Phi) is 5.09. The van der Waals surface area contributed by atoms with Crippen molar-refractivity contribution in [2.75, 3.05) is 0 Å². The van der Waals surface area contributed by atoms with Crippen LogP contribution >= 0.6 is 0 Å². The number of aromatic nitrogens is 2. The molecular weight excluding hydrogens is 321 g/mol. The zero-order valence-electron chi connectivity index (χ0n) is 13.8. The third-order valence-corrected chi connectivity index (χ3v) is 3.64. The Balaban J connectivity index is 1.54. The van der Waals surface area contributed by atoms with Crippen molar-refractivity contribution in [3.05, 3.63) is 83.4 Å². The second kappa shape index (κ2) is 7.61. The van der Waals surface area contributed by atoms with Crippen molar-refractivity contribution >= 4 is 5.91 Å². The molecule has 6 heteroatoms. The fourth-order valence-corrected chi connectivity index (χ4v) is 2.23. The molecule has 25 heavy (non-hydrogen) atoms. The highest BCUT2D eigenvalue weighted by atomic mass is 19.1. The van der Waals surface area contributed by atoms with E-state index in [1.807, 2.05) is 31.2 Å². The Hall–Kier alpha value is -3.15. The molecule has 1 aromatic heterocycles. The SMILES string of the molecule is Cc1ccc(CNC(=O)c2ccn(COc3ccccc3F)n2)cc1. The molecule has 0 saturated heterocycles. The first-order valence-corrected chi connectivity index (χ1v) is 7.86. The van der Waals surface area contributed by atoms with Gasteiger partial charge >= 0.3 is 0 Å². The summed E-state index contributed by atoms with van der Waals surface area (Å²) in [4.78, 5) is 12.1. The Labute approximate surface area is 145 Å². The molecule has 0 aliphatic carbocycles. The Morgan fingerprint density at radius 3 is 2.68 bits per heavy atom.